The molecule has 0 amide bonds. The molecule has 114 valence electrons. The van der Waals surface area contributed by atoms with Crippen molar-refractivity contribution in [2.24, 2.45) is 0 Å². The molecule has 0 saturated heterocycles. The number of ether oxygens (including phenoxy) is 1. The minimum Gasteiger partial charge on any atom is -0.495 e. The second-order valence-corrected chi connectivity index (χ2v) is 5.84. The third-order valence-electron chi connectivity index (χ3n) is 4.33. The van der Waals surface area contributed by atoms with E-state index in [1.165, 1.54) is 16.8 Å². The Bertz CT molecular complexity index is 648. The highest BCUT2D eigenvalue weighted by Crippen LogP contribution is 2.38. The van der Waals surface area contributed by atoms with Gasteiger partial charge in [-0.2, -0.15) is 0 Å². The fraction of sp³-hybridized carbons (Fsp3) is 0.300. The summed E-state index contributed by atoms with van der Waals surface area (Å²) < 4.78 is 5.59. The summed E-state index contributed by atoms with van der Waals surface area (Å²) in [6.45, 7) is 3.25. The van der Waals surface area contributed by atoms with Crippen LogP contribution in [0, 0.1) is 0 Å². The van der Waals surface area contributed by atoms with E-state index in [0.29, 0.717) is 6.04 Å². The maximum Gasteiger partial charge on any atom is 0.142 e. The molecule has 22 heavy (non-hydrogen) atoms. The van der Waals surface area contributed by atoms with Crippen LogP contribution in [0.1, 0.15) is 31.4 Å². The van der Waals surface area contributed by atoms with E-state index in [9.17, 15) is 0 Å². The van der Waals surface area contributed by atoms with Gasteiger partial charge in [0.25, 0.3) is 0 Å². The summed E-state index contributed by atoms with van der Waals surface area (Å²) in [5, 5.41) is 0. The van der Waals surface area contributed by atoms with Crippen molar-refractivity contribution in [3.05, 3.63) is 71.8 Å². The number of hydrogen-bond donors (Lipinski definition) is 0. The molecule has 2 aromatic rings. The second-order valence-electron chi connectivity index (χ2n) is 5.84. The Balaban J connectivity index is 2.03. The summed E-state index contributed by atoms with van der Waals surface area (Å²) in [6.07, 6.45) is 4.50. The molecule has 2 aromatic carbocycles. The minimum absolute atomic E-state index is 0.358. The van der Waals surface area contributed by atoms with Crippen LogP contribution in [0.15, 0.2) is 66.2 Å². The van der Waals surface area contributed by atoms with E-state index >= 15 is 0 Å². The normalized spacial score (nSPS) is 18.5. The Morgan fingerprint density at radius 2 is 1.73 bits per heavy atom. The van der Waals surface area contributed by atoms with Gasteiger partial charge in [-0.1, -0.05) is 54.1 Å². The van der Waals surface area contributed by atoms with Crippen LogP contribution in [0.3, 0.4) is 0 Å². The summed E-state index contributed by atoms with van der Waals surface area (Å²) in [5.74, 6) is 0.947. The molecule has 0 spiro atoms. The van der Waals surface area contributed by atoms with Crippen molar-refractivity contribution in [1.29, 1.82) is 0 Å². The standard InChI is InChI=1S/C20H23NO/c1-16-9-8-14-21(18-12-6-7-13-20(18)22-2)19(15-16)17-10-4-3-5-11-17/h3-7,9-13,19H,8,14-15H2,1-2H3/t19-/m1/s1. The highest BCUT2D eigenvalue weighted by molar-refractivity contribution is 5.60. The van der Waals surface area contributed by atoms with Gasteiger partial charge in [-0.05, 0) is 37.5 Å². The molecule has 0 bridgehead atoms. The van der Waals surface area contributed by atoms with Crippen molar-refractivity contribution in [1.82, 2.24) is 0 Å². The van der Waals surface area contributed by atoms with Crippen molar-refractivity contribution in [3.63, 3.8) is 0 Å². The molecule has 1 aliphatic heterocycles. The van der Waals surface area contributed by atoms with Gasteiger partial charge in [-0.25, -0.2) is 0 Å². The quantitative estimate of drug-likeness (QED) is 0.740. The molecule has 0 aromatic heterocycles. The van der Waals surface area contributed by atoms with Crippen LogP contribution >= 0.6 is 0 Å². The largest absolute Gasteiger partial charge is 0.495 e. The lowest BCUT2D eigenvalue weighted by Gasteiger charge is -2.34. The molecule has 2 nitrogen and oxygen atoms in total. The summed E-state index contributed by atoms with van der Waals surface area (Å²) in [7, 11) is 1.75. The number of benzene rings is 2. The van der Waals surface area contributed by atoms with E-state index in [-0.39, 0.29) is 0 Å². The predicted octanol–water partition coefficient (Wildman–Crippen LogP) is 4.98. The number of nitrogens with zero attached hydrogens (tertiary/aromatic N) is 1. The highest BCUT2D eigenvalue weighted by Gasteiger charge is 2.24. The van der Waals surface area contributed by atoms with Crippen LogP contribution in [0.2, 0.25) is 0 Å². The topological polar surface area (TPSA) is 12.5 Å². The van der Waals surface area contributed by atoms with Crippen molar-refractivity contribution in [3.8, 4) is 5.75 Å². The van der Waals surface area contributed by atoms with E-state index in [1.807, 2.05) is 12.1 Å². The Kier molecular flexibility index (Phi) is 4.47. The Hall–Kier alpha value is -2.22. The summed E-state index contributed by atoms with van der Waals surface area (Å²) in [5.41, 5.74) is 4.01. The summed E-state index contributed by atoms with van der Waals surface area (Å²) in [4.78, 5) is 2.49. The maximum atomic E-state index is 5.59. The van der Waals surface area contributed by atoms with Crippen LogP contribution in [0.4, 0.5) is 5.69 Å². The first-order valence-electron chi connectivity index (χ1n) is 7.90. The Morgan fingerprint density at radius 1 is 1.00 bits per heavy atom. The molecule has 2 heteroatoms. The monoisotopic (exact) mass is 293 g/mol. The van der Waals surface area contributed by atoms with Crippen LogP contribution in [0.25, 0.3) is 0 Å². The first-order valence-corrected chi connectivity index (χ1v) is 7.90. The van der Waals surface area contributed by atoms with Crippen LogP contribution in [0.5, 0.6) is 5.75 Å². The van der Waals surface area contributed by atoms with Crippen LogP contribution in [-0.2, 0) is 0 Å². The van der Waals surface area contributed by atoms with Gasteiger partial charge in [0.15, 0.2) is 0 Å². The maximum absolute atomic E-state index is 5.59. The van der Waals surface area contributed by atoms with E-state index < -0.39 is 0 Å². The average Bonchev–Trinajstić information content (AvgIpc) is 2.77. The molecule has 0 unspecified atom stereocenters. The van der Waals surface area contributed by atoms with Crippen LogP contribution in [-0.4, -0.2) is 13.7 Å². The summed E-state index contributed by atoms with van der Waals surface area (Å²) >= 11 is 0. The molecule has 0 fully saturated rings. The minimum atomic E-state index is 0.358. The molecule has 3 rings (SSSR count). The van der Waals surface area contributed by atoms with E-state index in [0.717, 1.165) is 25.1 Å². The van der Waals surface area contributed by atoms with Gasteiger partial charge in [-0.3, -0.25) is 0 Å². The molecule has 0 saturated carbocycles. The van der Waals surface area contributed by atoms with Crippen LogP contribution < -0.4 is 9.64 Å². The fourth-order valence-corrected chi connectivity index (χ4v) is 3.23. The molecule has 1 heterocycles. The fourth-order valence-electron chi connectivity index (χ4n) is 3.23. The number of rotatable bonds is 3. The molecule has 0 N–H and O–H groups in total. The molecule has 1 atom stereocenters. The van der Waals surface area contributed by atoms with Gasteiger partial charge >= 0.3 is 0 Å². The van der Waals surface area contributed by atoms with Gasteiger partial charge in [-0.15, -0.1) is 0 Å². The summed E-state index contributed by atoms with van der Waals surface area (Å²) in [6, 6.07) is 19.5. The lowest BCUT2D eigenvalue weighted by molar-refractivity contribution is 0.412. The third kappa shape index (κ3) is 3.01. The average molecular weight is 293 g/mol. The molecule has 0 aliphatic carbocycles. The zero-order valence-corrected chi connectivity index (χ0v) is 13.3. The Morgan fingerprint density at radius 3 is 2.50 bits per heavy atom. The first-order chi connectivity index (χ1) is 10.8. The smallest absolute Gasteiger partial charge is 0.142 e. The van der Waals surface area contributed by atoms with Gasteiger partial charge < -0.3 is 9.64 Å². The SMILES string of the molecule is COc1ccccc1N1CCC=C(C)C[C@@H]1c1ccccc1. The molecule has 1 aliphatic rings. The molecule has 0 radical (unpaired) electrons. The first kappa shape index (κ1) is 14.7. The number of hydrogen-bond acceptors (Lipinski definition) is 2. The zero-order valence-electron chi connectivity index (χ0n) is 13.3. The lowest BCUT2D eigenvalue weighted by Crippen LogP contribution is -2.29. The van der Waals surface area contributed by atoms with E-state index in [2.05, 4.69) is 60.4 Å². The van der Waals surface area contributed by atoms with Crippen molar-refractivity contribution < 1.29 is 4.74 Å². The molecular formula is C20H23NO. The number of anilines is 1. The van der Waals surface area contributed by atoms with E-state index in [1.54, 1.807) is 7.11 Å². The van der Waals surface area contributed by atoms with Gasteiger partial charge in [0, 0.05) is 6.54 Å². The Labute approximate surface area is 133 Å². The number of methoxy groups -OCH3 is 1. The number of para-hydroxylation sites is 2. The zero-order chi connectivity index (χ0) is 15.4. The predicted molar refractivity (Wildman–Crippen MR) is 92.5 cm³/mol. The highest BCUT2D eigenvalue weighted by atomic mass is 16.5. The van der Waals surface area contributed by atoms with Gasteiger partial charge in [0.1, 0.15) is 5.75 Å². The molecular weight excluding hydrogens is 270 g/mol. The van der Waals surface area contributed by atoms with Crippen molar-refractivity contribution >= 4 is 5.69 Å². The van der Waals surface area contributed by atoms with Gasteiger partial charge in [0.2, 0.25) is 0 Å². The van der Waals surface area contributed by atoms with Crippen molar-refractivity contribution in [2.45, 2.75) is 25.8 Å². The van der Waals surface area contributed by atoms with Gasteiger partial charge in [0.05, 0.1) is 18.8 Å². The van der Waals surface area contributed by atoms with Crippen molar-refractivity contribution in [2.75, 3.05) is 18.6 Å². The lowest BCUT2D eigenvalue weighted by atomic mass is 9.98. The third-order valence-corrected chi connectivity index (χ3v) is 4.33. The van der Waals surface area contributed by atoms with E-state index in [4.69, 9.17) is 4.74 Å². The second kappa shape index (κ2) is 6.69.